The van der Waals surface area contributed by atoms with Gasteiger partial charge in [0.15, 0.2) is 5.96 Å². The van der Waals surface area contributed by atoms with Crippen molar-refractivity contribution in [3.8, 4) is 11.5 Å². The van der Waals surface area contributed by atoms with Crippen molar-refractivity contribution in [3.63, 3.8) is 0 Å². The number of unbranched alkanes of at least 4 members (excludes halogenated alkanes) is 2. The summed E-state index contributed by atoms with van der Waals surface area (Å²) in [5.74, 6) is -18.9. The fourth-order valence-corrected chi connectivity index (χ4v) is 10.5. The van der Waals surface area contributed by atoms with Crippen LogP contribution < -0.4 is 110 Å². The smallest absolute Gasteiger partial charge is 0.322 e. The summed E-state index contributed by atoms with van der Waals surface area (Å²) in [6.07, 6.45) is -6.85. The molecule has 0 aliphatic rings. The number of hydrogen-bond acceptors (Lipinski definition) is 24. The Labute approximate surface area is 627 Å². The predicted molar refractivity (Wildman–Crippen MR) is 389 cm³/mol. The molecule has 2 aromatic rings. The van der Waals surface area contributed by atoms with Crippen LogP contribution in [0.3, 0.4) is 0 Å². The van der Waals surface area contributed by atoms with Crippen LogP contribution in [-0.4, -0.2) is 237 Å². The number of amides is 15. The molecule has 0 aliphatic carbocycles. The molecule has 0 aromatic heterocycles. The van der Waals surface area contributed by atoms with E-state index < -0.39 is 225 Å². The van der Waals surface area contributed by atoms with Gasteiger partial charge in [-0.05, 0) is 132 Å². The fourth-order valence-electron chi connectivity index (χ4n) is 10.5. The third kappa shape index (κ3) is 36.7. The second-order valence-corrected chi connectivity index (χ2v) is 26.1. The summed E-state index contributed by atoms with van der Waals surface area (Å²) >= 11 is 0. The fraction of sp³-hybridized carbons (Fsp3) is 0.567. The number of primary amides is 3. The highest BCUT2D eigenvalue weighted by Gasteiger charge is 2.39. The zero-order valence-electron chi connectivity index (χ0n) is 61.2. The number of carbonyl (C=O) groups excluding carboxylic acids is 15. The van der Waals surface area contributed by atoms with E-state index in [-0.39, 0.29) is 99.1 Å². The zero-order valence-corrected chi connectivity index (χ0v) is 61.2. The molecule has 0 fully saturated rings. The highest BCUT2D eigenvalue weighted by atomic mass is 16.4. The molecule has 0 saturated carbocycles. The third-order valence-corrected chi connectivity index (χ3v) is 16.2. The molecule has 0 aliphatic heterocycles. The summed E-state index contributed by atoms with van der Waals surface area (Å²) in [6, 6.07) is -8.61. The number of carboxylic acids is 1. The van der Waals surface area contributed by atoms with E-state index in [1.165, 1.54) is 48.5 Å². The van der Waals surface area contributed by atoms with E-state index in [0.29, 0.717) is 12.8 Å². The van der Waals surface area contributed by atoms with E-state index in [4.69, 9.17) is 45.9 Å². The number of rotatable bonds is 52. The second kappa shape index (κ2) is 48.8. The minimum atomic E-state index is -2.06. The van der Waals surface area contributed by atoms with E-state index in [2.05, 4.69) is 68.8 Å². The number of nitrogens with two attached hydrogens (primary N) is 8. The summed E-state index contributed by atoms with van der Waals surface area (Å²) in [5, 5.41) is 80.1. The molecule has 606 valence electrons. The van der Waals surface area contributed by atoms with E-state index >= 15 is 0 Å². The Bertz CT molecular complexity index is 3450. The van der Waals surface area contributed by atoms with Gasteiger partial charge in [-0.25, -0.2) is 0 Å². The van der Waals surface area contributed by atoms with Crippen molar-refractivity contribution in [2.75, 3.05) is 32.7 Å². The highest BCUT2D eigenvalue weighted by Crippen LogP contribution is 2.17. The number of benzene rings is 2. The number of aliphatic hydroxyl groups is 2. The minimum absolute atomic E-state index is 0.0161. The maximum absolute atomic E-state index is 14.8. The molecule has 0 heterocycles. The number of carbonyl (C=O) groups is 16. The summed E-state index contributed by atoms with van der Waals surface area (Å²) in [5.41, 5.74) is 44.6. The molecule has 42 heteroatoms. The van der Waals surface area contributed by atoms with Crippen LogP contribution >= 0.6 is 0 Å². The zero-order chi connectivity index (χ0) is 82.2. The Balaban J connectivity index is 2.66. The van der Waals surface area contributed by atoms with Crippen LogP contribution in [0.15, 0.2) is 53.5 Å². The van der Waals surface area contributed by atoms with E-state index in [9.17, 15) is 102 Å². The van der Waals surface area contributed by atoms with Crippen molar-refractivity contribution in [1.82, 2.24) is 63.8 Å². The van der Waals surface area contributed by atoms with E-state index in [0.717, 1.165) is 13.8 Å². The second-order valence-electron chi connectivity index (χ2n) is 26.1. The maximum Gasteiger partial charge on any atom is 0.322 e. The highest BCUT2D eigenvalue weighted by molar-refractivity contribution is 6.01. The molecule has 2 aromatic carbocycles. The molecule has 0 radical (unpaired) electrons. The van der Waals surface area contributed by atoms with Crippen LogP contribution in [0.5, 0.6) is 11.5 Å². The lowest BCUT2D eigenvalue weighted by Gasteiger charge is -2.30. The van der Waals surface area contributed by atoms with Crippen molar-refractivity contribution in [2.45, 2.75) is 203 Å². The molecular weight excluding hydrogens is 1430 g/mol. The number of aliphatic imine (C=N–C) groups is 1. The Morgan fingerprint density at radius 3 is 1.13 bits per heavy atom. The maximum atomic E-state index is 14.8. The Kier molecular flexibility index (Phi) is 41.9. The Morgan fingerprint density at radius 2 is 0.734 bits per heavy atom. The third-order valence-electron chi connectivity index (χ3n) is 16.2. The lowest BCUT2D eigenvalue weighted by Crippen LogP contribution is -2.63. The number of phenols is 2. The summed E-state index contributed by atoms with van der Waals surface area (Å²) < 4.78 is 0. The molecule has 0 bridgehead atoms. The van der Waals surface area contributed by atoms with Gasteiger partial charge in [0.2, 0.25) is 88.6 Å². The van der Waals surface area contributed by atoms with E-state index in [1.807, 2.05) is 0 Å². The molecule has 13 atom stereocenters. The summed E-state index contributed by atoms with van der Waals surface area (Å²) in [4.78, 5) is 220. The van der Waals surface area contributed by atoms with Crippen molar-refractivity contribution < 1.29 is 102 Å². The Hall–Kier alpha value is -11.4. The molecule has 2 rings (SSSR count). The van der Waals surface area contributed by atoms with Gasteiger partial charge in [-0.3, -0.25) is 81.7 Å². The van der Waals surface area contributed by atoms with Gasteiger partial charge >= 0.3 is 5.97 Å². The van der Waals surface area contributed by atoms with Gasteiger partial charge < -0.3 is 135 Å². The monoisotopic (exact) mass is 1540 g/mol. The number of nitrogens with zero attached hydrogens (tertiary/aromatic N) is 1. The first kappa shape index (κ1) is 93.7. The molecule has 0 spiro atoms. The molecule has 33 N–H and O–H groups in total. The van der Waals surface area contributed by atoms with Gasteiger partial charge in [0.05, 0.1) is 31.6 Å². The number of phenolic OH excluding ortho intramolecular Hbond substituents is 2. The molecule has 42 nitrogen and oxygen atoms in total. The predicted octanol–water partition coefficient (Wildman–Crippen LogP) is -9.49. The number of hydrogen-bond donors (Lipinski definition) is 25. The number of carboxylic acid groups (broad SMARTS) is 1. The SMILES string of the molecule is CC(C)C[C@H](NC(=O)[C@H](CC(N)=O)NC(=O)[C@H](CCCN=C(N)N)NC(=O)[C@H](CCCCN)NC(=O)[C@H](Cc1ccc(O)cc1)NC(=O)[C@@H](NC(=O)[C@@H](NC(=O)[C@H](Cc1ccc(O)cc1)NC(=O)[C@H](CCC(N)=O)NC(=O)[C@H](CC(N)=O)NC(=O)CN)[C@@H](C)O)[C@@H](C)O)C(=O)N[C@@H](CCCCN)C(=O)NCC(=O)O. The van der Waals surface area contributed by atoms with Gasteiger partial charge in [-0.1, -0.05) is 38.1 Å². The molecule has 109 heavy (non-hydrogen) atoms. The molecule has 15 amide bonds. The van der Waals surface area contributed by atoms with Crippen LogP contribution in [0.4, 0.5) is 0 Å². The van der Waals surface area contributed by atoms with Gasteiger partial charge in [-0.15, -0.1) is 0 Å². The minimum Gasteiger partial charge on any atom is -0.508 e. The van der Waals surface area contributed by atoms with Crippen molar-refractivity contribution >= 4 is 101 Å². The lowest BCUT2D eigenvalue weighted by molar-refractivity contribution is -0.138. The topological polar surface area (TPSA) is 739 Å². The van der Waals surface area contributed by atoms with Crippen LogP contribution in [0, 0.1) is 5.92 Å². The van der Waals surface area contributed by atoms with Crippen LogP contribution in [-0.2, 0) is 89.6 Å². The lowest BCUT2D eigenvalue weighted by atomic mass is 10.0. The number of aliphatic carboxylic acids is 1. The largest absolute Gasteiger partial charge is 0.508 e. The number of aliphatic hydroxyl groups excluding tert-OH is 2. The molecule has 0 saturated heterocycles. The number of nitrogens with one attached hydrogen (secondary N) is 12. The van der Waals surface area contributed by atoms with Gasteiger partial charge in [0, 0.05) is 25.8 Å². The van der Waals surface area contributed by atoms with Crippen molar-refractivity contribution in [1.29, 1.82) is 0 Å². The average molecular weight is 1540 g/mol. The van der Waals surface area contributed by atoms with Gasteiger partial charge in [0.25, 0.3) is 0 Å². The van der Waals surface area contributed by atoms with Crippen LogP contribution in [0.2, 0.25) is 0 Å². The normalized spacial score (nSPS) is 14.6. The quantitative estimate of drug-likeness (QED) is 0.0166. The molecule has 0 unspecified atom stereocenters. The van der Waals surface area contributed by atoms with Crippen LogP contribution in [0.1, 0.15) is 122 Å². The Morgan fingerprint density at radius 1 is 0.394 bits per heavy atom. The first-order valence-corrected chi connectivity index (χ1v) is 35.0. The number of aromatic hydroxyl groups is 2. The van der Waals surface area contributed by atoms with Gasteiger partial charge in [0.1, 0.15) is 84.5 Å². The summed E-state index contributed by atoms with van der Waals surface area (Å²) in [7, 11) is 0. The van der Waals surface area contributed by atoms with Crippen molar-refractivity contribution in [3.05, 3.63) is 59.7 Å². The van der Waals surface area contributed by atoms with Gasteiger partial charge in [-0.2, -0.15) is 0 Å². The van der Waals surface area contributed by atoms with E-state index in [1.54, 1.807) is 13.8 Å². The molecular formula is C67H107N21O21. The first-order valence-electron chi connectivity index (χ1n) is 35.0. The first-order chi connectivity index (χ1) is 51.3. The summed E-state index contributed by atoms with van der Waals surface area (Å²) in [6.45, 7) is 4.25. The number of guanidine groups is 1. The van der Waals surface area contributed by atoms with Crippen molar-refractivity contribution in [2.24, 2.45) is 56.8 Å². The van der Waals surface area contributed by atoms with Crippen LogP contribution in [0.25, 0.3) is 0 Å². The standard InChI is InChI=1S/C67H107N21O21/c1-33(2)26-44(60(103)79-40(10-5-7-23-68)56(99)77-32-53(97)98)83-63(106)48(30-51(73)95)85-58(101)42(12-9-25-76-67(74)75)80-57(100)41(11-6-8-24-69)81-61(104)45(27-36-13-17-38(91)18-14-36)86-65(108)54(34(3)89)88-66(109)55(35(4)90)87-64(107)46(28-37-15-19-39(92)20-16-37)84-59(102)43(21-22-49(71)93)82-62(105)47(29-50(72)94)78-52(96)31-70/h13-20,33-35,40-48,54-55,89-92H,5-12,21-32,68-70H2,1-4H3,(H2,71,93)(H2,72,94)(H2,73,95)(H,77,99)(H,78,96)(H,79,103)(H,80,100)(H,81,104)(H,82,105)(H,83,106)(H,84,102)(H,85,101)(H,86,108)(H,87,107)(H,88,109)(H,97,98)(H4,74,75,76)/t34-,35-,40+,41+,42+,43+,44+,45+,46+,47+,48+,54+,55+/m1/s1. The average Bonchev–Trinajstić information content (AvgIpc) is 0.839.